The van der Waals surface area contributed by atoms with E-state index in [4.69, 9.17) is 0 Å². The topological polar surface area (TPSA) is 72.2 Å². The summed E-state index contributed by atoms with van der Waals surface area (Å²) in [6.45, 7) is 2.56. The van der Waals surface area contributed by atoms with Gasteiger partial charge in [0.1, 0.15) is 5.60 Å². The smallest absolute Gasteiger partial charge is 0.206 e. The average Bonchev–Trinajstić information content (AvgIpc) is 3.27. The van der Waals surface area contributed by atoms with Gasteiger partial charge in [0.25, 0.3) is 0 Å². The highest BCUT2D eigenvalue weighted by molar-refractivity contribution is 7.91. The minimum atomic E-state index is -3.58. The lowest BCUT2D eigenvalue weighted by Crippen LogP contribution is -2.31. The van der Waals surface area contributed by atoms with E-state index in [1.807, 2.05) is 10.8 Å². The zero-order valence-electron chi connectivity index (χ0n) is 17.4. The molecule has 0 saturated carbocycles. The van der Waals surface area contributed by atoms with Gasteiger partial charge < -0.3 is 9.67 Å². The molecule has 1 aromatic heterocycles. The minimum Gasteiger partial charge on any atom is -0.383 e. The Morgan fingerprint density at radius 1 is 0.933 bits per heavy atom. The predicted octanol–water partition coefficient (Wildman–Crippen LogP) is 4.96. The number of benzene rings is 2. The fraction of sp³-hybridized carbons (Fsp3) is 0.375. The molecular formula is C24H30N2O3S. The number of nitrogens with zero attached hydrogens (tertiary/aromatic N) is 2. The third-order valence-electron chi connectivity index (χ3n) is 5.45. The van der Waals surface area contributed by atoms with E-state index in [2.05, 4.69) is 11.9 Å². The Kier molecular flexibility index (Phi) is 7.45. The van der Waals surface area contributed by atoms with E-state index in [0.29, 0.717) is 13.0 Å². The first-order valence-electron chi connectivity index (χ1n) is 10.5. The Balaban J connectivity index is 1.82. The van der Waals surface area contributed by atoms with Crippen molar-refractivity contribution in [2.75, 3.05) is 0 Å². The van der Waals surface area contributed by atoms with Crippen LogP contribution in [0.15, 0.2) is 83.1 Å². The molecule has 0 aliphatic carbocycles. The molecule has 0 saturated heterocycles. The molecule has 1 unspecified atom stereocenters. The second kappa shape index (κ2) is 10.0. The Bertz CT molecular complexity index is 1000. The second-order valence-corrected chi connectivity index (χ2v) is 9.72. The van der Waals surface area contributed by atoms with Crippen LogP contribution in [0.3, 0.4) is 0 Å². The fourth-order valence-corrected chi connectivity index (χ4v) is 4.98. The van der Waals surface area contributed by atoms with E-state index < -0.39 is 15.4 Å². The van der Waals surface area contributed by atoms with Crippen LogP contribution < -0.4 is 0 Å². The van der Waals surface area contributed by atoms with Gasteiger partial charge in [-0.1, -0.05) is 69.4 Å². The van der Waals surface area contributed by atoms with Crippen molar-refractivity contribution in [2.24, 2.45) is 0 Å². The Morgan fingerprint density at radius 2 is 1.60 bits per heavy atom. The maximum Gasteiger partial charge on any atom is 0.206 e. The molecule has 30 heavy (non-hydrogen) atoms. The Morgan fingerprint density at radius 3 is 2.23 bits per heavy atom. The zero-order valence-corrected chi connectivity index (χ0v) is 18.3. The Hall–Kier alpha value is -2.44. The third-order valence-corrected chi connectivity index (χ3v) is 7.24. The van der Waals surface area contributed by atoms with Gasteiger partial charge in [0, 0.05) is 12.4 Å². The van der Waals surface area contributed by atoms with Crippen molar-refractivity contribution in [3.63, 3.8) is 0 Å². The molecule has 2 aromatic carbocycles. The highest BCUT2D eigenvalue weighted by Gasteiger charge is 2.30. The van der Waals surface area contributed by atoms with E-state index in [1.165, 1.54) is 12.8 Å². The number of rotatable bonds is 11. The van der Waals surface area contributed by atoms with E-state index in [0.717, 1.165) is 24.8 Å². The van der Waals surface area contributed by atoms with Crippen LogP contribution in [-0.2, 0) is 22.0 Å². The SMILES string of the molecule is CCCCCCCC(O)(Cn1ccnc1)c1ccc(S(=O)(=O)c2ccccc2)cc1. The van der Waals surface area contributed by atoms with Crippen LogP contribution in [0.2, 0.25) is 0 Å². The first-order chi connectivity index (χ1) is 14.5. The van der Waals surface area contributed by atoms with Crippen LogP contribution in [0.5, 0.6) is 0 Å². The summed E-state index contributed by atoms with van der Waals surface area (Å²) in [6.07, 6.45) is 11.3. The molecule has 1 atom stereocenters. The van der Waals surface area contributed by atoms with Gasteiger partial charge in [-0.05, 0) is 36.2 Å². The molecule has 1 heterocycles. The lowest BCUT2D eigenvalue weighted by Gasteiger charge is -2.29. The normalized spacial score (nSPS) is 13.8. The minimum absolute atomic E-state index is 0.227. The molecule has 0 aliphatic heterocycles. The number of aliphatic hydroxyl groups is 1. The molecule has 0 amide bonds. The molecule has 0 aliphatic rings. The highest BCUT2D eigenvalue weighted by atomic mass is 32.2. The standard InChI is InChI=1S/C24H30N2O3S/c1-2-3-4-5-9-16-24(27,19-26-18-17-25-20-26)21-12-14-23(15-13-21)30(28,29)22-10-7-6-8-11-22/h6-8,10-15,17-18,20,27H,2-5,9,16,19H2,1H3. The molecule has 3 rings (SSSR count). The molecule has 3 aromatic rings. The van der Waals surface area contributed by atoms with Gasteiger partial charge in [0.05, 0.1) is 22.7 Å². The first-order valence-corrected chi connectivity index (χ1v) is 12.0. The summed E-state index contributed by atoms with van der Waals surface area (Å²) < 4.78 is 27.6. The number of hydrogen-bond acceptors (Lipinski definition) is 4. The van der Waals surface area contributed by atoms with Crippen molar-refractivity contribution in [2.45, 2.75) is 67.4 Å². The molecule has 6 heteroatoms. The zero-order chi connectivity index (χ0) is 21.5. The van der Waals surface area contributed by atoms with Gasteiger partial charge in [0.2, 0.25) is 9.84 Å². The summed E-state index contributed by atoms with van der Waals surface area (Å²) >= 11 is 0. The lowest BCUT2D eigenvalue weighted by atomic mass is 9.88. The maximum absolute atomic E-state index is 12.8. The molecule has 0 spiro atoms. The predicted molar refractivity (Wildman–Crippen MR) is 118 cm³/mol. The maximum atomic E-state index is 12.8. The number of hydrogen-bond donors (Lipinski definition) is 1. The summed E-state index contributed by atoms with van der Waals surface area (Å²) in [4.78, 5) is 4.57. The lowest BCUT2D eigenvalue weighted by molar-refractivity contribution is 0.00700. The average molecular weight is 427 g/mol. The van der Waals surface area contributed by atoms with Gasteiger partial charge in [-0.3, -0.25) is 0 Å². The van der Waals surface area contributed by atoms with Gasteiger partial charge >= 0.3 is 0 Å². The Labute approximate surface area is 179 Å². The molecule has 0 fully saturated rings. The monoisotopic (exact) mass is 426 g/mol. The van der Waals surface area contributed by atoms with Crippen LogP contribution in [-0.4, -0.2) is 23.1 Å². The molecule has 5 nitrogen and oxygen atoms in total. The molecule has 0 bridgehead atoms. The first kappa shape index (κ1) is 22.2. The van der Waals surface area contributed by atoms with E-state index in [9.17, 15) is 13.5 Å². The third kappa shape index (κ3) is 5.37. The molecule has 160 valence electrons. The quantitative estimate of drug-likeness (QED) is 0.440. The molecule has 1 N–H and O–H groups in total. The van der Waals surface area contributed by atoms with Gasteiger partial charge in [-0.15, -0.1) is 0 Å². The van der Waals surface area contributed by atoms with Crippen LogP contribution in [0.4, 0.5) is 0 Å². The van der Waals surface area contributed by atoms with Crippen molar-refractivity contribution >= 4 is 9.84 Å². The number of sulfone groups is 1. The van der Waals surface area contributed by atoms with Crippen molar-refractivity contribution in [3.05, 3.63) is 78.9 Å². The van der Waals surface area contributed by atoms with Crippen molar-refractivity contribution in [3.8, 4) is 0 Å². The molecular weight excluding hydrogens is 396 g/mol. The van der Waals surface area contributed by atoms with E-state index >= 15 is 0 Å². The van der Waals surface area contributed by atoms with Crippen molar-refractivity contribution in [1.29, 1.82) is 0 Å². The van der Waals surface area contributed by atoms with Gasteiger partial charge in [-0.25, -0.2) is 13.4 Å². The van der Waals surface area contributed by atoms with Crippen molar-refractivity contribution < 1.29 is 13.5 Å². The summed E-state index contributed by atoms with van der Waals surface area (Å²) in [6, 6.07) is 15.1. The summed E-state index contributed by atoms with van der Waals surface area (Å²) in [5.74, 6) is 0. The largest absolute Gasteiger partial charge is 0.383 e. The summed E-state index contributed by atoms with van der Waals surface area (Å²) in [7, 11) is -3.58. The molecule has 0 radical (unpaired) electrons. The second-order valence-electron chi connectivity index (χ2n) is 7.77. The van der Waals surface area contributed by atoms with E-state index in [1.54, 1.807) is 67.1 Å². The number of aromatic nitrogens is 2. The fourth-order valence-electron chi connectivity index (χ4n) is 3.70. The van der Waals surface area contributed by atoms with Crippen LogP contribution in [0, 0.1) is 0 Å². The highest BCUT2D eigenvalue weighted by Crippen LogP contribution is 2.31. The van der Waals surface area contributed by atoms with Gasteiger partial charge in [-0.2, -0.15) is 0 Å². The number of unbranched alkanes of at least 4 members (excludes halogenated alkanes) is 4. The summed E-state index contributed by atoms with van der Waals surface area (Å²) in [5.41, 5.74) is -0.360. The van der Waals surface area contributed by atoms with Crippen LogP contribution in [0.25, 0.3) is 0 Å². The van der Waals surface area contributed by atoms with Gasteiger partial charge in [0.15, 0.2) is 0 Å². The number of imidazole rings is 1. The van der Waals surface area contributed by atoms with Crippen LogP contribution >= 0.6 is 0 Å². The van der Waals surface area contributed by atoms with Crippen molar-refractivity contribution in [1.82, 2.24) is 9.55 Å². The van der Waals surface area contributed by atoms with E-state index in [-0.39, 0.29) is 9.79 Å². The summed E-state index contributed by atoms with van der Waals surface area (Å²) in [5, 5.41) is 11.5. The van der Waals surface area contributed by atoms with Crippen LogP contribution in [0.1, 0.15) is 51.0 Å².